The van der Waals surface area contributed by atoms with Crippen molar-refractivity contribution in [2.24, 2.45) is 11.8 Å². The van der Waals surface area contributed by atoms with E-state index >= 15 is 0 Å². The summed E-state index contributed by atoms with van der Waals surface area (Å²) >= 11 is 0. The minimum absolute atomic E-state index is 0.0182. The van der Waals surface area contributed by atoms with E-state index in [2.05, 4.69) is 10.3 Å². The molecule has 50 heavy (non-hydrogen) atoms. The molecule has 16 heteroatoms. The van der Waals surface area contributed by atoms with Crippen molar-refractivity contribution in [2.45, 2.75) is 141 Å². The van der Waals surface area contributed by atoms with Crippen molar-refractivity contribution in [3.8, 4) is 0 Å². The van der Waals surface area contributed by atoms with Crippen LogP contribution in [0.4, 0.5) is 8.78 Å². The number of nitrogens with zero attached hydrogens (tertiary/aromatic N) is 3. The van der Waals surface area contributed by atoms with Crippen LogP contribution >= 0.6 is 0 Å². The molecule has 1 aliphatic rings. The quantitative estimate of drug-likeness (QED) is 0.0823. The molecule has 5 unspecified atom stereocenters. The van der Waals surface area contributed by atoms with E-state index in [1.54, 1.807) is 19.2 Å². The minimum atomic E-state index is -5.27. The molecule has 5 atom stereocenters. The van der Waals surface area contributed by atoms with Crippen LogP contribution in [0.25, 0.3) is 0 Å². The first-order valence-electron chi connectivity index (χ1n) is 17.2. The highest BCUT2D eigenvalue weighted by Crippen LogP contribution is 2.51. The zero-order valence-electron chi connectivity index (χ0n) is 31.4. The summed E-state index contributed by atoms with van der Waals surface area (Å²) in [6.07, 6.45) is -0.520. The highest BCUT2D eigenvalue weighted by molar-refractivity contribution is 5.79. The molecule has 0 heterocycles. The van der Waals surface area contributed by atoms with Crippen molar-refractivity contribution in [3.63, 3.8) is 0 Å². The fourth-order valence-electron chi connectivity index (χ4n) is 6.00. The Morgan fingerprint density at radius 2 is 1.50 bits per heavy atom. The largest absolute Gasteiger partial charge is 0.361 e. The summed E-state index contributed by atoms with van der Waals surface area (Å²) in [7, 11) is 5.52. The average Bonchev–Trinajstić information content (AvgIpc) is 3.03. The lowest BCUT2D eigenvalue weighted by molar-refractivity contribution is -0.501. The number of benzene rings is 1. The molecule has 1 aromatic rings. The van der Waals surface area contributed by atoms with Crippen LogP contribution in [0.15, 0.2) is 30.3 Å². The van der Waals surface area contributed by atoms with Crippen LogP contribution in [0, 0.1) is 11.8 Å². The molecular weight excluding hydrogens is 660 g/mol. The third-order valence-electron chi connectivity index (χ3n) is 9.40. The molecule has 0 aromatic heterocycles. The first-order valence-corrected chi connectivity index (χ1v) is 17.2. The first kappa shape index (κ1) is 46.1. The predicted octanol–water partition coefficient (Wildman–Crippen LogP) is 1.28. The molecule has 0 aliphatic heterocycles. The third-order valence-corrected chi connectivity index (χ3v) is 9.40. The Morgan fingerprint density at radius 1 is 0.960 bits per heavy atom. The van der Waals surface area contributed by atoms with Gasteiger partial charge in [-0.3, -0.25) is 20.0 Å². The number of hydroxylamine groups is 1. The summed E-state index contributed by atoms with van der Waals surface area (Å²) in [4.78, 5) is 22.4. The number of amides is 1. The fourth-order valence-corrected chi connectivity index (χ4v) is 6.00. The molecule has 0 bridgehead atoms. The fraction of sp³-hybridized carbons (Fsp3) is 0.794. The van der Waals surface area contributed by atoms with Crippen LogP contribution < -0.4 is 10.9 Å². The van der Waals surface area contributed by atoms with E-state index < -0.39 is 47.4 Å². The topological polar surface area (TPSA) is 202 Å². The van der Waals surface area contributed by atoms with Gasteiger partial charge in [-0.2, -0.15) is 8.78 Å². The Kier molecular flexibility index (Phi) is 16.8. The van der Waals surface area contributed by atoms with Crippen LogP contribution in [0.5, 0.6) is 0 Å². The van der Waals surface area contributed by atoms with Crippen LogP contribution in [-0.2, 0) is 16.1 Å². The lowest BCUT2D eigenvalue weighted by atomic mass is 9.72. The second-order valence-electron chi connectivity index (χ2n) is 14.0. The van der Waals surface area contributed by atoms with Crippen molar-refractivity contribution in [3.05, 3.63) is 35.9 Å². The van der Waals surface area contributed by atoms with Crippen LogP contribution in [0.2, 0.25) is 0 Å². The summed E-state index contributed by atoms with van der Waals surface area (Å²) < 4.78 is 28.8. The number of alkyl halides is 2. The molecule has 0 saturated heterocycles. The monoisotopic (exact) mass is 723 g/mol. The van der Waals surface area contributed by atoms with Crippen molar-refractivity contribution >= 4 is 5.91 Å². The number of halogens is 2. The Morgan fingerprint density at radius 3 is 2.00 bits per heavy atom. The number of carbonyl (C=O) groups is 1. The number of hydrogen-bond donors (Lipinski definition) is 9. The third kappa shape index (κ3) is 10.6. The van der Waals surface area contributed by atoms with Crippen LogP contribution in [0.3, 0.4) is 0 Å². The van der Waals surface area contributed by atoms with Crippen molar-refractivity contribution in [2.75, 3.05) is 21.1 Å². The zero-order valence-corrected chi connectivity index (χ0v) is 31.4. The van der Waals surface area contributed by atoms with E-state index in [1.807, 2.05) is 98.2 Å². The Balaban J connectivity index is 0.00000613. The van der Waals surface area contributed by atoms with Crippen LogP contribution in [0.1, 0.15) is 86.6 Å². The molecule has 1 fully saturated rings. The van der Waals surface area contributed by atoms with Gasteiger partial charge in [0.15, 0.2) is 0 Å². The standard InChI is InChI=1S/C32H57F2N5O9.C2H6/c1-20(2)17-25(18-22(5)37(7)23(6)39(9)35-21(3)4)38(8)29(43,16-15-24-13-11-10-12-14-24)48-36-27(40)26-19-28(41,42)31(33,34)32(46,47)30(26,44)45;1-2/h10-14,20-23,25-26,35,41-47H,15-19H2,1-9H3,(H,36,40);1-2H3. The summed E-state index contributed by atoms with van der Waals surface area (Å²) in [6, 6.07) is 8.90. The van der Waals surface area contributed by atoms with Crippen LogP contribution in [-0.4, -0.2) is 131 Å². The molecule has 0 radical (unpaired) electrons. The molecule has 1 aromatic carbocycles. The second-order valence-corrected chi connectivity index (χ2v) is 14.0. The van der Waals surface area contributed by atoms with Gasteiger partial charge in [-0.25, -0.2) is 15.3 Å². The molecule has 14 nitrogen and oxygen atoms in total. The molecule has 1 aliphatic carbocycles. The van der Waals surface area contributed by atoms with Gasteiger partial charge < -0.3 is 35.7 Å². The van der Waals surface area contributed by atoms with E-state index in [9.17, 15) is 49.3 Å². The minimum Gasteiger partial charge on any atom is -0.361 e. The van der Waals surface area contributed by atoms with Crippen molar-refractivity contribution in [1.82, 2.24) is 25.7 Å². The Bertz CT molecular complexity index is 1180. The van der Waals surface area contributed by atoms with Gasteiger partial charge in [-0.1, -0.05) is 58.0 Å². The van der Waals surface area contributed by atoms with Crippen molar-refractivity contribution < 1.29 is 54.2 Å². The number of hydrazine groups is 1. The molecule has 1 saturated carbocycles. The molecule has 1 amide bonds. The maximum Gasteiger partial charge on any atom is 0.358 e. The van der Waals surface area contributed by atoms with Gasteiger partial charge in [0, 0.05) is 38.0 Å². The van der Waals surface area contributed by atoms with Gasteiger partial charge in [0.1, 0.15) is 5.92 Å². The SMILES string of the molecule is CC.CC(C)CC(CC(C)N(C)C(C)N(C)NC(C)C)N(C)C(O)(CCc1ccccc1)ONC(=O)C1CC(O)(O)C(F)(F)C(O)(O)C1(O)O. The molecule has 0 spiro atoms. The van der Waals surface area contributed by atoms with Crippen molar-refractivity contribution in [1.29, 1.82) is 0 Å². The highest BCUT2D eigenvalue weighted by atomic mass is 19.3. The molecule has 9 N–H and O–H groups in total. The predicted molar refractivity (Wildman–Crippen MR) is 183 cm³/mol. The van der Waals surface area contributed by atoms with E-state index in [0.29, 0.717) is 12.8 Å². The summed E-state index contributed by atoms with van der Waals surface area (Å²) in [5, 5.41) is 74.3. The number of hydrogen-bond acceptors (Lipinski definition) is 13. The smallest absolute Gasteiger partial charge is 0.358 e. The van der Waals surface area contributed by atoms with Gasteiger partial charge in [0.05, 0.1) is 6.17 Å². The molecule has 292 valence electrons. The van der Waals surface area contributed by atoms with Gasteiger partial charge in [-0.15, -0.1) is 0 Å². The summed E-state index contributed by atoms with van der Waals surface area (Å²) in [5.41, 5.74) is 6.01. The summed E-state index contributed by atoms with van der Waals surface area (Å²) in [5.74, 6) is -25.0. The van der Waals surface area contributed by atoms with E-state index in [-0.39, 0.29) is 43.1 Å². The van der Waals surface area contributed by atoms with E-state index in [1.165, 1.54) is 4.90 Å². The average molecular weight is 724 g/mol. The maximum absolute atomic E-state index is 14.4. The number of aryl methyl sites for hydroxylation is 1. The molecule has 2 rings (SSSR count). The highest BCUT2D eigenvalue weighted by Gasteiger charge is 2.80. The van der Waals surface area contributed by atoms with E-state index in [4.69, 9.17) is 4.84 Å². The van der Waals surface area contributed by atoms with Gasteiger partial charge >= 0.3 is 5.92 Å². The first-order chi connectivity index (χ1) is 22.8. The zero-order chi connectivity index (χ0) is 39.0. The van der Waals surface area contributed by atoms with Gasteiger partial charge in [-0.05, 0) is 72.5 Å². The van der Waals surface area contributed by atoms with Gasteiger partial charge in [0.2, 0.25) is 11.6 Å². The molecular formula is C34H63F2N5O9. The number of aliphatic hydroxyl groups is 7. The van der Waals surface area contributed by atoms with E-state index in [0.717, 1.165) is 5.56 Å². The van der Waals surface area contributed by atoms with Gasteiger partial charge in [0.25, 0.3) is 17.6 Å². The normalized spacial score (nSPS) is 22.5. The Labute approximate surface area is 295 Å². The lowest BCUT2D eigenvalue weighted by Crippen LogP contribution is -2.80. The number of carbonyl (C=O) groups excluding carboxylic acids is 1. The summed E-state index contributed by atoms with van der Waals surface area (Å²) in [6.45, 7) is 16.2. The number of nitrogens with one attached hydrogen (secondary N) is 2. The Hall–Kier alpha value is -1.93. The lowest BCUT2D eigenvalue weighted by Gasteiger charge is -2.52. The maximum atomic E-state index is 14.4. The second kappa shape index (κ2) is 18.2. The number of rotatable bonds is 17.